The van der Waals surface area contributed by atoms with E-state index in [9.17, 15) is 4.79 Å². The van der Waals surface area contributed by atoms with Gasteiger partial charge in [0.05, 0.1) is 17.3 Å². The van der Waals surface area contributed by atoms with Crippen LogP contribution in [0.2, 0.25) is 0 Å². The summed E-state index contributed by atoms with van der Waals surface area (Å²) >= 11 is 0. The van der Waals surface area contributed by atoms with Gasteiger partial charge in [-0.2, -0.15) is 0 Å². The third kappa shape index (κ3) is 3.14. The van der Waals surface area contributed by atoms with Crippen LogP contribution in [0, 0.1) is 6.92 Å². The van der Waals surface area contributed by atoms with Crippen LogP contribution in [0.5, 0.6) is 0 Å². The molecule has 0 saturated carbocycles. The summed E-state index contributed by atoms with van der Waals surface area (Å²) in [6, 6.07) is 8.95. The summed E-state index contributed by atoms with van der Waals surface area (Å²) in [4.78, 5) is 20.2. The molecular weight excluding hydrogens is 278 g/mol. The summed E-state index contributed by atoms with van der Waals surface area (Å²) in [5.74, 6) is -0.0884. The van der Waals surface area contributed by atoms with Crippen LogP contribution in [0.25, 0.3) is 11.3 Å². The first kappa shape index (κ1) is 14.7. The molecule has 2 heterocycles. The predicted molar refractivity (Wildman–Crippen MR) is 83.8 cm³/mol. The Morgan fingerprint density at radius 1 is 1.23 bits per heavy atom. The van der Waals surface area contributed by atoms with Crippen LogP contribution in [-0.4, -0.2) is 27.6 Å². The molecule has 1 fully saturated rings. The monoisotopic (exact) mass is 297 g/mol. The number of nitrogens with one attached hydrogen (secondary N) is 1. The zero-order valence-electron chi connectivity index (χ0n) is 12.5. The molecule has 1 aromatic carbocycles. The minimum Gasteiger partial charge on any atom is -0.478 e. The summed E-state index contributed by atoms with van der Waals surface area (Å²) in [7, 11) is 0. The number of carboxylic acid groups (broad SMARTS) is 1. The van der Waals surface area contributed by atoms with Crippen molar-refractivity contribution < 1.29 is 9.90 Å². The van der Waals surface area contributed by atoms with Gasteiger partial charge in [0.25, 0.3) is 0 Å². The Morgan fingerprint density at radius 3 is 2.64 bits per heavy atom. The highest BCUT2D eigenvalue weighted by molar-refractivity contribution is 5.88. The number of rotatable bonds is 3. The smallest absolute Gasteiger partial charge is 0.335 e. The van der Waals surface area contributed by atoms with E-state index in [-0.39, 0.29) is 11.6 Å². The van der Waals surface area contributed by atoms with Crippen LogP contribution >= 0.6 is 0 Å². The summed E-state index contributed by atoms with van der Waals surface area (Å²) in [6.45, 7) is 2.97. The van der Waals surface area contributed by atoms with Gasteiger partial charge in [0.1, 0.15) is 5.82 Å². The lowest BCUT2D eigenvalue weighted by molar-refractivity contribution is 0.0697. The average Bonchev–Trinajstić information content (AvgIpc) is 2.55. The predicted octanol–water partition coefficient (Wildman–Crippen LogP) is 2.96. The lowest BCUT2D eigenvalue weighted by atomic mass is 10.0. The molecule has 1 aromatic heterocycles. The van der Waals surface area contributed by atoms with E-state index in [2.05, 4.69) is 15.3 Å². The number of piperidine rings is 1. The standard InChI is InChI=1S/C17H19N3O2/c1-11-10-15(12-5-7-13(8-6-12)17(21)22)20-16(19-11)14-4-2-3-9-18-14/h5-8,10,14,18H,2-4,9H2,1H3,(H,21,22)/t14-/m0/s1. The molecule has 1 atom stereocenters. The van der Waals surface area contributed by atoms with Crippen molar-refractivity contribution in [1.82, 2.24) is 15.3 Å². The number of aromatic carboxylic acids is 1. The largest absolute Gasteiger partial charge is 0.478 e. The summed E-state index contributed by atoms with van der Waals surface area (Å²) in [5, 5.41) is 12.4. The minimum absolute atomic E-state index is 0.214. The molecule has 5 nitrogen and oxygen atoms in total. The molecule has 0 amide bonds. The maximum absolute atomic E-state index is 10.9. The number of carboxylic acids is 1. The average molecular weight is 297 g/mol. The van der Waals surface area contributed by atoms with Crippen LogP contribution in [0.4, 0.5) is 0 Å². The molecule has 0 aliphatic carbocycles. The van der Waals surface area contributed by atoms with E-state index in [4.69, 9.17) is 5.11 Å². The molecule has 5 heteroatoms. The second kappa shape index (κ2) is 6.23. The maximum Gasteiger partial charge on any atom is 0.335 e. The third-order valence-electron chi connectivity index (χ3n) is 3.92. The first-order valence-electron chi connectivity index (χ1n) is 7.56. The summed E-state index contributed by atoms with van der Waals surface area (Å²) < 4.78 is 0. The van der Waals surface area contributed by atoms with Crippen molar-refractivity contribution in [2.75, 3.05) is 6.54 Å². The van der Waals surface area contributed by atoms with Crippen molar-refractivity contribution in [2.45, 2.75) is 32.2 Å². The molecule has 1 aliphatic rings. The highest BCUT2D eigenvalue weighted by Crippen LogP contribution is 2.24. The maximum atomic E-state index is 10.9. The highest BCUT2D eigenvalue weighted by atomic mass is 16.4. The van der Waals surface area contributed by atoms with Gasteiger partial charge in [0, 0.05) is 11.3 Å². The van der Waals surface area contributed by atoms with Gasteiger partial charge in [-0.15, -0.1) is 0 Å². The molecule has 1 saturated heterocycles. The fourth-order valence-corrected chi connectivity index (χ4v) is 2.75. The number of aromatic nitrogens is 2. The van der Waals surface area contributed by atoms with Crippen LogP contribution in [0.1, 0.15) is 47.2 Å². The second-order valence-electron chi connectivity index (χ2n) is 5.64. The molecular formula is C17H19N3O2. The zero-order chi connectivity index (χ0) is 15.5. The van der Waals surface area contributed by atoms with Crippen LogP contribution < -0.4 is 5.32 Å². The number of carbonyl (C=O) groups is 1. The Balaban J connectivity index is 1.92. The Kier molecular flexibility index (Phi) is 4.15. The number of hydrogen-bond donors (Lipinski definition) is 2. The van der Waals surface area contributed by atoms with Gasteiger partial charge in [0.2, 0.25) is 0 Å². The molecule has 0 unspecified atom stereocenters. The van der Waals surface area contributed by atoms with Crippen LogP contribution in [0.3, 0.4) is 0 Å². The van der Waals surface area contributed by atoms with Crippen molar-refractivity contribution in [3.8, 4) is 11.3 Å². The van der Waals surface area contributed by atoms with E-state index in [1.54, 1.807) is 24.3 Å². The Labute approximate surface area is 129 Å². The lowest BCUT2D eigenvalue weighted by Crippen LogP contribution is -2.28. The van der Waals surface area contributed by atoms with Gasteiger partial charge in [0.15, 0.2) is 0 Å². The van der Waals surface area contributed by atoms with E-state index >= 15 is 0 Å². The fourth-order valence-electron chi connectivity index (χ4n) is 2.75. The van der Waals surface area contributed by atoms with Gasteiger partial charge in [-0.1, -0.05) is 18.6 Å². The lowest BCUT2D eigenvalue weighted by Gasteiger charge is -2.22. The SMILES string of the molecule is Cc1cc(-c2ccc(C(=O)O)cc2)nc([C@@H]2CCCCN2)n1. The first-order valence-corrected chi connectivity index (χ1v) is 7.56. The third-order valence-corrected chi connectivity index (χ3v) is 3.92. The van der Waals surface area contributed by atoms with Gasteiger partial charge in [-0.25, -0.2) is 14.8 Å². The number of hydrogen-bond acceptors (Lipinski definition) is 4. The Morgan fingerprint density at radius 2 is 2.00 bits per heavy atom. The fraction of sp³-hybridized carbons (Fsp3) is 0.353. The molecule has 2 aromatic rings. The van der Waals surface area contributed by atoms with Crippen LogP contribution in [0.15, 0.2) is 30.3 Å². The van der Waals surface area contributed by atoms with E-state index in [1.165, 1.54) is 12.8 Å². The van der Waals surface area contributed by atoms with Crippen molar-refractivity contribution in [3.63, 3.8) is 0 Å². The molecule has 22 heavy (non-hydrogen) atoms. The van der Waals surface area contributed by atoms with E-state index in [0.717, 1.165) is 35.7 Å². The van der Waals surface area contributed by atoms with Crippen molar-refractivity contribution >= 4 is 5.97 Å². The molecule has 2 N–H and O–H groups in total. The minimum atomic E-state index is -0.919. The molecule has 3 rings (SSSR count). The topological polar surface area (TPSA) is 75.1 Å². The normalized spacial score (nSPS) is 18.1. The molecule has 0 bridgehead atoms. The molecule has 0 spiro atoms. The van der Waals surface area contributed by atoms with Crippen molar-refractivity contribution in [1.29, 1.82) is 0 Å². The van der Waals surface area contributed by atoms with Gasteiger partial charge in [-0.05, 0) is 44.5 Å². The van der Waals surface area contributed by atoms with E-state index < -0.39 is 5.97 Å². The quantitative estimate of drug-likeness (QED) is 0.911. The molecule has 0 radical (unpaired) electrons. The Bertz CT molecular complexity index is 677. The van der Waals surface area contributed by atoms with E-state index in [0.29, 0.717) is 0 Å². The van der Waals surface area contributed by atoms with Crippen molar-refractivity contribution in [3.05, 3.63) is 47.4 Å². The van der Waals surface area contributed by atoms with Gasteiger partial charge in [-0.3, -0.25) is 0 Å². The molecule has 114 valence electrons. The second-order valence-corrected chi connectivity index (χ2v) is 5.64. The van der Waals surface area contributed by atoms with Crippen molar-refractivity contribution in [2.24, 2.45) is 0 Å². The van der Waals surface area contributed by atoms with Crippen LogP contribution in [-0.2, 0) is 0 Å². The highest BCUT2D eigenvalue weighted by Gasteiger charge is 2.18. The summed E-state index contributed by atoms with van der Waals surface area (Å²) in [6.07, 6.45) is 3.45. The zero-order valence-corrected chi connectivity index (χ0v) is 12.5. The first-order chi connectivity index (χ1) is 10.6. The van der Waals surface area contributed by atoms with E-state index in [1.807, 2.05) is 13.0 Å². The Hall–Kier alpha value is -2.27. The number of nitrogens with zero attached hydrogens (tertiary/aromatic N) is 2. The summed E-state index contributed by atoms with van der Waals surface area (Å²) in [5.41, 5.74) is 2.96. The number of benzene rings is 1. The van der Waals surface area contributed by atoms with Gasteiger partial charge >= 0.3 is 5.97 Å². The molecule has 1 aliphatic heterocycles. The number of aryl methyl sites for hydroxylation is 1. The van der Waals surface area contributed by atoms with Gasteiger partial charge < -0.3 is 10.4 Å².